The first-order valence-corrected chi connectivity index (χ1v) is 8.44. The van der Waals surface area contributed by atoms with Gasteiger partial charge in [-0.2, -0.15) is 0 Å². The van der Waals surface area contributed by atoms with Gasteiger partial charge >= 0.3 is 0 Å². The molecule has 20 heavy (non-hydrogen) atoms. The van der Waals surface area contributed by atoms with Crippen LogP contribution in [-0.4, -0.2) is 6.04 Å². The molecule has 108 valence electrons. The van der Waals surface area contributed by atoms with Crippen molar-refractivity contribution < 1.29 is 4.42 Å². The first kappa shape index (κ1) is 13.9. The van der Waals surface area contributed by atoms with Gasteiger partial charge in [0.15, 0.2) is 0 Å². The van der Waals surface area contributed by atoms with Crippen LogP contribution in [0.15, 0.2) is 28.9 Å². The third-order valence-corrected chi connectivity index (χ3v) is 5.48. The summed E-state index contributed by atoms with van der Waals surface area (Å²) >= 11 is 2.01. The van der Waals surface area contributed by atoms with E-state index >= 15 is 0 Å². The van der Waals surface area contributed by atoms with Crippen LogP contribution in [0.1, 0.15) is 53.8 Å². The van der Waals surface area contributed by atoms with Crippen molar-refractivity contribution in [1.82, 2.24) is 5.32 Å². The minimum Gasteiger partial charge on any atom is -0.469 e. The highest BCUT2D eigenvalue weighted by Crippen LogP contribution is 2.32. The quantitative estimate of drug-likeness (QED) is 0.876. The zero-order chi connectivity index (χ0) is 13.9. The Kier molecular flexibility index (Phi) is 4.27. The molecule has 1 aliphatic rings. The Bertz CT molecular complexity index is 520. The molecule has 0 aromatic carbocycles. The van der Waals surface area contributed by atoms with Crippen molar-refractivity contribution in [2.75, 3.05) is 0 Å². The van der Waals surface area contributed by atoms with Crippen LogP contribution in [0.25, 0.3) is 0 Å². The van der Waals surface area contributed by atoms with Gasteiger partial charge in [-0.3, -0.25) is 0 Å². The van der Waals surface area contributed by atoms with Gasteiger partial charge in [-0.1, -0.05) is 0 Å². The van der Waals surface area contributed by atoms with Gasteiger partial charge in [0.2, 0.25) is 0 Å². The van der Waals surface area contributed by atoms with E-state index in [2.05, 4.69) is 25.2 Å². The van der Waals surface area contributed by atoms with Crippen LogP contribution in [0.3, 0.4) is 0 Å². The van der Waals surface area contributed by atoms with E-state index in [1.54, 1.807) is 16.7 Å². The maximum atomic E-state index is 5.42. The summed E-state index contributed by atoms with van der Waals surface area (Å²) < 4.78 is 5.42. The first-order chi connectivity index (χ1) is 9.72. The third kappa shape index (κ3) is 3.15. The van der Waals surface area contributed by atoms with E-state index in [9.17, 15) is 0 Å². The van der Waals surface area contributed by atoms with E-state index in [-0.39, 0.29) is 0 Å². The van der Waals surface area contributed by atoms with Crippen molar-refractivity contribution in [2.45, 2.75) is 58.0 Å². The van der Waals surface area contributed by atoms with Gasteiger partial charge in [-0.25, -0.2) is 0 Å². The van der Waals surface area contributed by atoms with E-state index < -0.39 is 0 Å². The molecule has 1 N–H and O–H groups in total. The lowest BCUT2D eigenvalue weighted by molar-refractivity contribution is 0.431. The molecule has 0 radical (unpaired) electrons. The van der Waals surface area contributed by atoms with Crippen molar-refractivity contribution in [2.24, 2.45) is 0 Å². The van der Waals surface area contributed by atoms with Crippen LogP contribution in [-0.2, 0) is 19.3 Å². The van der Waals surface area contributed by atoms with E-state index in [0.29, 0.717) is 12.1 Å². The molecule has 2 aromatic rings. The number of fused-ring (bicyclic) bond motifs is 1. The van der Waals surface area contributed by atoms with Crippen LogP contribution >= 0.6 is 11.3 Å². The fraction of sp³-hybridized carbons (Fsp3) is 0.529. The highest BCUT2D eigenvalue weighted by molar-refractivity contribution is 7.12. The molecule has 3 heteroatoms. The lowest BCUT2D eigenvalue weighted by Crippen LogP contribution is -2.30. The molecule has 2 atom stereocenters. The molecule has 2 nitrogen and oxygen atoms in total. The topological polar surface area (TPSA) is 25.2 Å². The molecule has 1 aliphatic carbocycles. The van der Waals surface area contributed by atoms with Crippen molar-refractivity contribution in [3.8, 4) is 0 Å². The smallest absolute Gasteiger partial charge is 0.105 e. The van der Waals surface area contributed by atoms with Gasteiger partial charge in [0.05, 0.1) is 6.26 Å². The van der Waals surface area contributed by atoms with E-state index in [4.69, 9.17) is 4.42 Å². The van der Waals surface area contributed by atoms with Crippen LogP contribution < -0.4 is 5.32 Å². The number of aryl methyl sites for hydroxylation is 2. The van der Waals surface area contributed by atoms with Crippen molar-refractivity contribution in [1.29, 1.82) is 0 Å². The lowest BCUT2D eigenvalue weighted by atomic mass is 9.99. The normalized spacial score (nSPS) is 17.7. The number of hydrogen-bond acceptors (Lipinski definition) is 3. The Labute approximate surface area is 125 Å². The standard InChI is InChI=1S/C17H23NOS/c1-12(10-15-7-5-9-19-15)18-13(2)17-11-14-6-3-4-8-16(14)20-17/h5,7,9,11-13,18H,3-4,6,8,10H2,1-2H3. The maximum Gasteiger partial charge on any atom is 0.105 e. The summed E-state index contributed by atoms with van der Waals surface area (Å²) in [5, 5.41) is 3.69. The van der Waals surface area contributed by atoms with Gasteiger partial charge < -0.3 is 9.73 Å². The minimum absolute atomic E-state index is 0.426. The highest BCUT2D eigenvalue weighted by Gasteiger charge is 2.18. The molecular formula is C17H23NOS. The summed E-state index contributed by atoms with van der Waals surface area (Å²) in [5.41, 5.74) is 1.60. The molecule has 0 amide bonds. The second kappa shape index (κ2) is 6.15. The zero-order valence-corrected chi connectivity index (χ0v) is 13.1. The van der Waals surface area contributed by atoms with E-state index in [1.165, 1.54) is 30.6 Å². The molecule has 2 heterocycles. The average Bonchev–Trinajstić information content (AvgIpc) is 3.06. The van der Waals surface area contributed by atoms with Gasteiger partial charge in [-0.05, 0) is 63.3 Å². The molecule has 0 saturated carbocycles. The Morgan fingerprint density at radius 1 is 1.30 bits per heavy atom. The van der Waals surface area contributed by atoms with Crippen molar-refractivity contribution in [3.05, 3.63) is 45.5 Å². The second-order valence-electron chi connectivity index (χ2n) is 5.88. The summed E-state index contributed by atoms with van der Waals surface area (Å²) in [6.07, 6.45) is 7.99. The van der Waals surface area contributed by atoms with Gasteiger partial charge in [0, 0.05) is 28.3 Å². The number of furan rings is 1. The van der Waals surface area contributed by atoms with Gasteiger partial charge in [0.25, 0.3) is 0 Å². The minimum atomic E-state index is 0.426. The summed E-state index contributed by atoms with van der Waals surface area (Å²) in [6, 6.07) is 7.29. The molecule has 0 saturated heterocycles. The third-order valence-electron chi connectivity index (χ3n) is 4.06. The number of thiophene rings is 1. The predicted molar refractivity (Wildman–Crippen MR) is 84.4 cm³/mol. The average molecular weight is 289 g/mol. The molecule has 2 unspecified atom stereocenters. The van der Waals surface area contributed by atoms with Crippen LogP contribution in [0.4, 0.5) is 0 Å². The lowest BCUT2D eigenvalue weighted by Gasteiger charge is -2.18. The summed E-state index contributed by atoms with van der Waals surface area (Å²) in [7, 11) is 0. The van der Waals surface area contributed by atoms with Crippen molar-refractivity contribution >= 4 is 11.3 Å². The molecule has 2 aromatic heterocycles. The molecule has 0 spiro atoms. The Hall–Kier alpha value is -1.06. The molecule has 0 bridgehead atoms. The number of nitrogens with one attached hydrogen (secondary N) is 1. The Morgan fingerprint density at radius 3 is 2.90 bits per heavy atom. The fourth-order valence-electron chi connectivity index (χ4n) is 3.03. The zero-order valence-electron chi connectivity index (χ0n) is 12.3. The number of hydrogen-bond donors (Lipinski definition) is 1. The highest BCUT2D eigenvalue weighted by atomic mass is 32.1. The number of rotatable bonds is 5. The molecule has 3 rings (SSSR count). The van der Waals surface area contributed by atoms with E-state index in [1.807, 2.05) is 23.5 Å². The first-order valence-electron chi connectivity index (χ1n) is 7.62. The summed E-state index contributed by atoms with van der Waals surface area (Å²) in [6.45, 7) is 4.50. The van der Waals surface area contributed by atoms with E-state index in [0.717, 1.165) is 12.2 Å². The molecule has 0 aliphatic heterocycles. The monoisotopic (exact) mass is 289 g/mol. The van der Waals surface area contributed by atoms with Gasteiger partial charge in [0.1, 0.15) is 5.76 Å². The SMILES string of the molecule is CC(Cc1ccco1)NC(C)c1cc2c(s1)CCCC2. The summed E-state index contributed by atoms with van der Waals surface area (Å²) in [5.74, 6) is 1.06. The fourth-order valence-corrected chi connectivity index (χ4v) is 4.29. The largest absolute Gasteiger partial charge is 0.469 e. The van der Waals surface area contributed by atoms with Crippen LogP contribution in [0.5, 0.6) is 0 Å². The predicted octanol–water partition coefficient (Wildman–Crippen LogP) is 4.50. The Morgan fingerprint density at radius 2 is 2.15 bits per heavy atom. The van der Waals surface area contributed by atoms with Gasteiger partial charge in [-0.15, -0.1) is 11.3 Å². The molecular weight excluding hydrogens is 266 g/mol. The summed E-state index contributed by atoms with van der Waals surface area (Å²) in [4.78, 5) is 3.11. The Balaban J connectivity index is 1.60. The van der Waals surface area contributed by atoms with Crippen LogP contribution in [0, 0.1) is 0 Å². The maximum absolute atomic E-state index is 5.42. The van der Waals surface area contributed by atoms with Crippen LogP contribution in [0.2, 0.25) is 0 Å². The second-order valence-corrected chi connectivity index (χ2v) is 7.05. The van der Waals surface area contributed by atoms with Crippen molar-refractivity contribution in [3.63, 3.8) is 0 Å². The molecule has 0 fully saturated rings.